The number of pyridine rings is 1. The zero-order valence-corrected chi connectivity index (χ0v) is 20.3. The van der Waals surface area contributed by atoms with Gasteiger partial charge in [-0.1, -0.05) is 6.07 Å². The van der Waals surface area contributed by atoms with Gasteiger partial charge in [0.2, 0.25) is 5.91 Å². The Kier molecular flexibility index (Phi) is 12.4. The lowest BCUT2D eigenvalue weighted by atomic mass is 9.75. The Morgan fingerprint density at radius 2 is 1.63 bits per heavy atom. The molecule has 2 N–H and O–H groups in total. The van der Waals surface area contributed by atoms with Crippen molar-refractivity contribution in [1.82, 2.24) is 14.8 Å². The molecule has 0 aliphatic carbocycles. The lowest BCUT2D eigenvalue weighted by Crippen LogP contribution is -2.72. The molecule has 9 nitrogen and oxygen atoms in total. The first-order chi connectivity index (χ1) is 17.5. The van der Waals surface area contributed by atoms with Gasteiger partial charge in [-0.15, -0.1) is 0 Å². The third-order valence-corrected chi connectivity index (χ3v) is 5.80. The van der Waals surface area contributed by atoms with Crippen LogP contribution < -0.4 is 0 Å². The van der Waals surface area contributed by atoms with Crippen molar-refractivity contribution in [2.45, 2.75) is 43.8 Å². The third-order valence-electron chi connectivity index (χ3n) is 5.80. The van der Waals surface area contributed by atoms with Crippen LogP contribution in [0.3, 0.4) is 0 Å². The third kappa shape index (κ3) is 10.8. The molecule has 1 unspecified atom stereocenters. The Bertz CT molecular complexity index is 885. The highest BCUT2D eigenvalue weighted by molar-refractivity contribution is 5.77. The fourth-order valence-electron chi connectivity index (χ4n) is 3.81. The van der Waals surface area contributed by atoms with Crippen molar-refractivity contribution in [3.05, 3.63) is 30.1 Å². The Morgan fingerprint density at radius 3 is 2.08 bits per heavy atom. The summed E-state index contributed by atoms with van der Waals surface area (Å²) in [5.41, 5.74) is 1.01. The van der Waals surface area contributed by atoms with Gasteiger partial charge in [-0.2, -0.15) is 26.3 Å². The number of halogens is 7. The SMILES string of the molecule is CN1CCC(COCc2ccccn2)CC12CN(C(=O)CCF)C2.O=C(O)C(F)(F)F.O=C(O)C(F)(F)F. The van der Waals surface area contributed by atoms with Gasteiger partial charge in [-0.25, -0.2) is 9.59 Å². The van der Waals surface area contributed by atoms with Crippen LogP contribution in [0.2, 0.25) is 0 Å². The smallest absolute Gasteiger partial charge is 0.475 e. The van der Waals surface area contributed by atoms with Gasteiger partial charge in [0.05, 0.1) is 37.5 Å². The number of likely N-dealkylation sites (tertiary alicyclic amines) is 2. The quantitative estimate of drug-likeness (QED) is 0.507. The monoisotopic (exact) mass is 563 g/mol. The second-order valence-electron chi connectivity index (χ2n) is 8.64. The maximum Gasteiger partial charge on any atom is 0.490 e. The molecule has 1 aromatic rings. The number of carboxylic acid groups (broad SMARTS) is 2. The molecule has 38 heavy (non-hydrogen) atoms. The van der Waals surface area contributed by atoms with Crippen LogP contribution in [0.5, 0.6) is 0 Å². The number of carbonyl (C=O) groups excluding carboxylic acids is 1. The van der Waals surface area contributed by atoms with E-state index in [1.54, 1.807) is 11.1 Å². The van der Waals surface area contributed by atoms with Crippen LogP contribution in [0.25, 0.3) is 0 Å². The summed E-state index contributed by atoms with van der Waals surface area (Å²) in [4.78, 5) is 38.0. The number of hydrogen-bond acceptors (Lipinski definition) is 6. The van der Waals surface area contributed by atoms with Crippen LogP contribution in [0, 0.1) is 5.92 Å². The van der Waals surface area contributed by atoms with Crippen LogP contribution >= 0.6 is 0 Å². The number of aromatic nitrogens is 1. The van der Waals surface area contributed by atoms with Crippen molar-refractivity contribution in [2.24, 2.45) is 5.92 Å². The Hall–Kier alpha value is -3.01. The maximum absolute atomic E-state index is 12.3. The summed E-state index contributed by atoms with van der Waals surface area (Å²) in [6.45, 7) is 3.16. The number of carboxylic acids is 2. The minimum atomic E-state index is -5.08. The average molecular weight is 563 g/mol. The number of nitrogens with zero attached hydrogens (tertiary/aromatic N) is 3. The van der Waals surface area contributed by atoms with Crippen LogP contribution in [0.1, 0.15) is 25.0 Å². The van der Waals surface area contributed by atoms with E-state index < -0.39 is 31.0 Å². The number of rotatable bonds is 6. The number of likely N-dealkylation sites (N-methyl/N-ethyl adjacent to an activating group) is 1. The number of alkyl halides is 7. The summed E-state index contributed by atoms with van der Waals surface area (Å²) in [5.74, 6) is -5.08. The van der Waals surface area contributed by atoms with Crippen molar-refractivity contribution in [3.8, 4) is 0 Å². The molecule has 1 aromatic heterocycles. The molecule has 0 saturated carbocycles. The molecule has 2 saturated heterocycles. The van der Waals surface area contributed by atoms with Gasteiger partial charge in [-0.3, -0.25) is 19.1 Å². The molecule has 1 spiro atoms. The van der Waals surface area contributed by atoms with E-state index in [9.17, 15) is 35.5 Å². The van der Waals surface area contributed by atoms with Crippen molar-refractivity contribution < 1.29 is 60.1 Å². The van der Waals surface area contributed by atoms with Crippen LogP contribution in [-0.4, -0.2) is 101 Å². The summed E-state index contributed by atoms with van der Waals surface area (Å²) in [6, 6.07) is 5.83. The van der Waals surface area contributed by atoms with Gasteiger partial charge in [0, 0.05) is 19.3 Å². The molecule has 3 heterocycles. The van der Waals surface area contributed by atoms with Gasteiger partial charge in [0.1, 0.15) is 0 Å². The molecular weight excluding hydrogens is 535 g/mol. The molecule has 1 amide bonds. The highest BCUT2D eigenvalue weighted by atomic mass is 19.4. The normalized spacial score (nSPS) is 18.8. The topological polar surface area (TPSA) is 120 Å². The van der Waals surface area contributed by atoms with Crippen molar-refractivity contribution in [3.63, 3.8) is 0 Å². The van der Waals surface area contributed by atoms with E-state index in [2.05, 4.69) is 16.9 Å². The van der Waals surface area contributed by atoms with Gasteiger partial charge < -0.3 is 19.8 Å². The highest BCUT2D eigenvalue weighted by Crippen LogP contribution is 2.38. The van der Waals surface area contributed by atoms with Crippen LogP contribution in [0.4, 0.5) is 30.7 Å². The van der Waals surface area contributed by atoms with E-state index in [1.165, 1.54) is 0 Å². The Balaban J connectivity index is 0.000000426. The first kappa shape index (κ1) is 33.0. The Labute approximate surface area is 213 Å². The van der Waals surface area contributed by atoms with Gasteiger partial charge in [0.25, 0.3) is 0 Å². The summed E-state index contributed by atoms with van der Waals surface area (Å²) >= 11 is 0. The molecule has 2 aliphatic heterocycles. The predicted molar refractivity (Wildman–Crippen MR) is 117 cm³/mol. The van der Waals surface area contributed by atoms with E-state index >= 15 is 0 Å². The maximum atomic E-state index is 12.3. The average Bonchev–Trinajstić information content (AvgIpc) is 2.79. The zero-order chi connectivity index (χ0) is 29.1. The van der Waals surface area contributed by atoms with E-state index in [4.69, 9.17) is 24.5 Å². The largest absolute Gasteiger partial charge is 0.490 e. The van der Waals surface area contributed by atoms with Crippen molar-refractivity contribution >= 4 is 17.8 Å². The molecule has 0 bridgehead atoms. The van der Waals surface area contributed by atoms with E-state index in [1.807, 2.05) is 18.2 Å². The van der Waals surface area contributed by atoms with E-state index in [0.717, 1.165) is 44.8 Å². The molecule has 3 rings (SSSR count). The van der Waals surface area contributed by atoms with Gasteiger partial charge in [-0.05, 0) is 44.5 Å². The molecular formula is C22H28F7N3O6. The van der Waals surface area contributed by atoms with E-state index in [0.29, 0.717) is 12.5 Å². The lowest BCUT2D eigenvalue weighted by molar-refractivity contribution is -0.193. The fraction of sp³-hybridized carbons (Fsp3) is 0.636. The molecule has 216 valence electrons. The minimum Gasteiger partial charge on any atom is -0.475 e. The summed E-state index contributed by atoms with van der Waals surface area (Å²) < 4.78 is 81.7. The zero-order valence-electron chi connectivity index (χ0n) is 20.3. The number of ether oxygens (including phenoxy) is 1. The minimum absolute atomic E-state index is 0.0103. The molecule has 16 heteroatoms. The molecule has 0 aromatic carbocycles. The summed E-state index contributed by atoms with van der Waals surface area (Å²) in [5, 5.41) is 14.2. The number of carbonyl (C=O) groups is 3. The second kappa shape index (κ2) is 14.2. The summed E-state index contributed by atoms with van der Waals surface area (Å²) in [7, 11) is 2.13. The predicted octanol–water partition coefficient (Wildman–Crippen LogP) is 3.15. The highest BCUT2D eigenvalue weighted by Gasteiger charge is 2.50. The number of amides is 1. The van der Waals surface area contributed by atoms with Crippen LogP contribution in [0.15, 0.2) is 24.4 Å². The number of aliphatic carboxylic acids is 2. The van der Waals surface area contributed by atoms with Crippen molar-refractivity contribution in [1.29, 1.82) is 0 Å². The summed E-state index contributed by atoms with van der Waals surface area (Å²) in [6.07, 6.45) is -6.24. The molecule has 2 fully saturated rings. The first-order valence-electron chi connectivity index (χ1n) is 11.1. The standard InChI is InChI=1S/C18H26FN3O2.2C2HF3O2/c1-21-9-6-15(11-24-12-16-4-2-3-8-20-16)10-18(21)13-22(14-18)17(23)5-7-19;2*3-2(4,5)1(6)7/h2-4,8,15H,5-7,9-14H2,1H3;2*(H,6,7). The van der Waals surface area contributed by atoms with E-state index in [-0.39, 0.29) is 17.9 Å². The first-order valence-corrected chi connectivity index (χ1v) is 11.1. The van der Waals surface area contributed by atoms with Gasteiger partial charge in [0.15, 0.2) is 0 Å². The molecule has 2 aliphatic rings. The van der Waals surface area contributed by atoms with Gasteiger partial charge >= 0.3 is 24.3 Å². The second-order valence-corrected chi connectivity index (χ2v) is 8.64. The fourth-order valence-corrected chi connectivity index (χ4v) is 3.81. The van der Waals surface area contributed by atoms with Crippen LogP contribution in [-0.2, 0) is 25.7 Å². The molecule has 1 atom stereocenters. The Morgan fingerprint density at radius 1 is 1.08 bits per heavy atom. The number of piperidine rings is 1. The number of hydrogen-bond donors (Lipinski definition) is 2. The molecule has 0 radical (unpaired) electrons. The van der Waals surface area contributed by atoms with Crippen molar-refractivity contribution in [2.75, 3.05) is 40.0 Å². The lowest BCUT2D eigenvalue weighted by Gasteiger charge is -2.58.